The van der Waals surface area contributed by atoms with E-state index in [1.807, 2.05) is 6.92 Å². The number of rotatable bonds is 3. The number of hydrogen-bond donors (Lipinski definition) is 1. The summed E-state index contributed by atoms with van der Waals surface area (Å²) in [5, 5.41) is 9.03. The van der Waals surface area contributed by atoms with Crippen molar-refractivity contribution in [2.24, 2.45) is 0 Å². The molecule has 0 spiro atoms. The summed E-state index contributed by atoms with van der Waals surface area (Å²) in [6.07, 6.45) is -0.0341. The first-order valence-corrected chi connectivity index (χ1v) is 5.15. The Labute approximate surface area is 91.9 Å². The molecule has 0 radical (unpaired) electrons. The minimum Gasteiger partial charge on any atom is -0.480 e. The molecule has 1 aromatic rings. The maximum absolute atomic E-state index is 13.3. The second-order valence-corrected chi connectivity index (χ2v) is 4.10. The number of carbonyl (C=O) groups is 1. The molecule has 1 aliphatic rings. The summed E-state index contributed by atoms with van der Waals surface area (Å²) in [5.41, 5.74) is -1.04. The van der Waals surface area contributed by atoms with Crippen LogP contribution in [0.2, 0.25) is 0 Å². The average Bonchev–Trinajstić information content (AvgIpc) is 2.83. The molecule has 1 aromatic carbocycles. The third-order valence-electron chi connectivity index (χ3n) is 3.21. The quantitative estimate of drug-likeness (QED) is 0.860. The number of carboxylic acids is 1. The van der Waals surface area contributed by atoms with Gasteiger partial charge in [0.1, 0.15) is 0 Å². The molecule has 0 saturated heterocycles. The fraction of sp³-hybridized carbons (Fsp3) is 0.417. The van der Waals surface area contributed by atoms with Gasteiger partial charge in [0.15, 0.2) is 5.41 Å². The van der Waals surface area contributed by atoms with Crippen molar-refractivity contribution < 1.29 is 18.7 Å². The van der Waals surface area contributed by atoms with Crippen molar-refractivity contribution in [3.63, 3.8) is 0 Å². The van der Waals surface area contributed by atoms with Gasteiger partial charge in [0.05, 0.1) is 0 Å². The van der Waals surface area contributed by atoms with E-state index in [0.29, 0.717) is 12.0 Å². The lowest BCUT2D eigenvalue weighted by Crippen LogP contribution is -2.28. The van der Waals surface area contributed by atoms with Crippen LogP contribution < -0.4 is 0 Å². The summed E-state index contributed by atoms with van der Waals surface area (Å²) in [6, 6.07) is 6.54. The molecular formula is C12H12F2O2. The zero-order chi connectivity index (χ0) is 12.0. The van der Waals surface area contributed by atoms with Crippen molar-refractivity contribution in [3.05, 3.63) is 35.4 Å². The number of benzene rings is 1. The van der Waals surface area contributed by atoms with Crippen LogP contribution in [0.1, 0.15) is 24.5 Å². The van der Waals surface area contributed by atoms with Gasteiger partial charge in [0, 0.05) is 6.42 Å². The highest BCUT2D eigenvalue weighted by atomic mass is 19.3. The molecule has 4 heteroatoms. The minimum atomic E-state index is -3.12. The van der Waals surface area contributed by atoms with Gasteiger partial charge in [-0.15, -0.1) is 0 Å². The Balaban J connectivity index is 2.55. The molecule has 1 atom stereocenters. The molecule has 2 nitrogen and oxygen atoms in total. The molecule has 1 aliphatic carbocycles. The van der Waals surface area contributed by atoms with Crippen LogP contribution >= 0.6 is 0 Å². The van der Waals surface area contributed by atoms with Crippen LogP contribution in [-0.2, 0) is 16.6 Å². The predicted octanol–water partition coefficient (Wildman–Crippen LogP) is 2.61. The zero-order valence-electron chi connectivity index (χ0n) is 8.84. The SMILES string of the molecule is CCc1ccccc1C1(C(=O)O)CC1(F)F. The van der Waals surface area contributed by atoms with Crippen LogP contribution in [0.5, 0.6) is 0 Å². The highest BCUT2D eigenvalue weighted by molar-refractivity contribution is 5.88. The molecule has 0 amide bonds. The van der Waals surface area contributed by atoms with E-state index in [2.05, 4.69) is 0 Å². The smallest absolute Gasteiger partial charge is 0.320 e. The maximum atomic E-state index is 13.3. The molecule has 1 N–H and O–H groups in total. The first-order chi connectivity index (χ1) is 7.45. The van der Waals surface area contributed by atoms with Gasteiger partial charge >= 0.3 is 5.97 Å². The highest BCUT2D eigenvalue weighted by Gasteiger charge is 2.77. The summed E-state index contributed by atoms with van der Waals surface area (Å²) >= 11 is 0. The second-order valence-electron chi connectivity index (χ2n) is 4.10. The maximum Gasteiger partial charge on any atom is 0.320 e. The van der Waals surface area contributed by atoms with Crippen LogP contribution in [0.25, 0.3) is 0 Å². The summed E-state index contributed by atoms with van der Waals surface area (Å²) < 4.78 is 26.6. The standard InChI is InChI=1S/C12H12F2O2/c1-2-8-5-3-4-6-9(8)11(10(15)16)7-12(11,13)14/h3-6H,2,7H2,1H3,(H,15,16). The van der Waals surface area contributed by atoms with Gasteiger partial charge in [-0.05, 0) is 17.5 Å². The Kier molecular flexibility index (Phi) is 2.26. The van der Waals surface area contributed by atoms with Crippen LogP contribution in [0.3, 0.4) is 0 Å². The number of alkyl halides is 2. The van der Waals surface area contributed by atoms with Crippen molar-refractivity contribution in [3.8, 4) is 0 Å². The molecule has 0 aliphatic heterocycles. The fourth-order valence-corrected chi connectivity index (χ4v) is 2.17. The van der Waals surface area contributed by atoms with E-state index in [-0.39, 0.29) is 5.56 Å². The lowest BCUT2D eigenvalue weighted by Gasteiger charge is -2.15. The molecule has 0 heterocycles. The van der Waals surface area contributed by atoms with Gasteiger partial charge in [-0.1, -0.05) is 31.2 Å². The topological polar surface area (TPSA) is 37.3 Å². The third-order valence-corrected chi connectivity index (χ3v) is 3.21. The lowest BCUT2D eigenvalue weighted by molar-refractivity contribution is -0.143. The van der Waals surface area contributed by atoms with Crippen molar-refractivity contribution in [1.29, 1.82) is 0 Å². The van der Waals surface area contributed by atoms with E-state index in [4.69, 9.17) is 5.11 Å². The number of aryl methyl sites for hydroxylation is 1. The van der Waals surface area contributed by atoms with E-state index >= 15 is 0 Å². The Morgan fingerprint density at radius 3 is 2.44 bits per heavy atom. The summed E-state index contributed by atoms with van der Waals surface area (Å²) in [5.74, 6) is -4.55. The molecule has 1 fully saturated rings. The first-order valence-electron chi connectivity index (χ1n) is 5.15. The normalized spacial score (nSPS) is 26.4. The molecule has 1 saturated carbocycles. The van der Waals surface area contributed by atoms with Gasteiger partial charge in [0.25, 0.3) is 5.92 Å². The number of halogens is 2. The lowest BCUT2D eigenvalue weighted by atomic mass is 9.90. The third kappa shape index (κ3) is 1.25. The monoisotopic (exact) mass is 226 g/mol. The molecular weight excluding hydrogens is 214 g/mol. The Morgan fingerprint density at radius 1 is 1.44 bits per heavy atom. The van der Waals surface area contributed by atoms with Gasteiger partial charge in [0.2, 0.25) is 0 Å². The number of hydrogen-bond acceptors (Lipinski definition) is 1. The van der Waals surface area contributed by atoms with Crippen molar-refractivity contribution in [2.45, 2.75) is 31.1 Å². The van der Waals surface area contributed by atoms with Crippen molar-refractivity contribution in [2.75, 3.05) is 0 Å². The Hall–Kier alpha value is -1.45. The number of carboxylic acid groups (broad SMARTS) is 1. The van der Waals surface area contributed by atoms with Crippen LogP contribution in [0.4, 0.5) is 8.78 Å². The van der Waals surface area contributed by atoms with E-state index < -0.39 is 23.7 Å². The molecule has 86 valence electrons. The van der Waals surface area contributed by atoms with Gasteiger partial charge in [-0.2, -0.15) is 0 Å². The van der Waals surface area contributed by atoms with Crippen LogP contribution in [0, 0.1) is 0 Å². The second kappa shape index (κ2) is 3.27. The number of aliphatic carboxylic acids is 1. The van der Waals surface area contributed by atoms with Crippen molar-refractivity contribution >= 4 is 5.97 Å². The molecule has 2 rings (SSSR count). The zero-order valence-corrected chi connectivity index (χ0v) is 8.84. The van der Waals surface area contributed by atoms with E-state index in [1.54, 1.807) is 18.2 Å². The largest absolute Gasteiger partial charge is 0.480 e. The first kappa shape index (κ1) is 11.0. The predicted molar refractivity (Wildman–Crippen MR) is 54.7 cm³/mol. The van der Waals surface area contributed by atoms with Crippen LogP contribution in [0.15, 0.2) is 24.3 Å². The Morgan fingerprint density at radius 2 is 2.00 bits per heavy atom. The Bertz CT molecular complexity index is 442. The fourth-order valence-electron chi connectivity index (χ4n) is 2.17. The summed E-state index contributed by atoms with van der Waals surface area (Å²) in [4.78, 5) is 11.1. The molecule has 0 bridgehead atoms. The molecule has 16 heavy (non-hydrogen) atoms. The minimum absolute atomic E-state index is 0.259. The van der Waals surface area contributed by atoms with Gasteiger partial charge < -0.3 is 5.11 Å². The van der Waals surface area contributed by atoms with Crippen molar-refractivity contribution in [1.82, 2.24) is 0 Å². The summed E-state index contributed by atoms with van der Waals surface area (Å²) in [6.45, 7) is 1.83. The highest BCUT2D eigenvalue weighted by Crippen LogP contribution is 2.62. The average molecular weight is 226 g/mol. The molecule has 1 unspecified atom stereocenters. The molecule has 0 aromatic heterocycles. The summed E-state index contributed by atoms with van der Waals surface area (Å²) in [7, 11) is 0. The van der Waals surface area contributed by atoms with Gasteiger partial charge in [-0.25, -0.2) is 8.78 Å². The van der Waals surface area contributed by atoms with E-state index in [1.165, 1.54) is 6.07 Å². The van der Waals surface area contributed by atoms with Gasteiger partial charge in [-0.3, -0.25) is 4.79 Å². The van der Waals surface area contributed by atoms with E-state index in [9.17, 15) is 13.6 Å². The van der Waals surface area contributed by atoms with E-state index in [0.717, 1.165) is 0 Å². The van der Waals surface area contributed by atoms with Crippen LogP contribution in [-0.4, -0.2) is 17.0 Å².